The number of primary sulfonamides is 1. The van der Waals surface area contributed by atoms with Crippen LogP contribution in [0.15, 0.2) is 49.7 Å². The van der Waals surface area contributed by atoms with E-state index in [1.165, 1.54) is 17.8 Å². The molecule has 0 bridgehead atoms. The van der Waals surface area contributed by atoms with Gasteiger partial charge in [0.15, 0.2) is 0 Å². The SMILES string of the molecule is N#Cc1ccc(Sc2ccc(S(N)(=O)=O)s2)cc1. The van der Waals surface area contributed by atoms with Crippen molar-refractivity contribution in [3.05, 3.63) is 42.0 Å². The molecule has 0 saturated carbocycles. The van der Waals surface area contributed by atoms with Crippen LogP contribution in [-0.2, 0) is 10.0 Å². The highest BCUT2D eigenvalue weighted by molar-refractivity contribution is 8.01. The first-order valence-electron chi connectivity index (χ1n) is 4.80. The van der Waals surface area contributed by atoms with E-state index < -0.39 is 10.0 Å². The van der Waals surface area contributed by atoms with Gasteiger partial charge in [-0.2, -0.15) is 5.26 Å². The van der Waals surface area contributed by atoms with Gasteiger partial charge in [0.1, 0.15) is 4.21 Å². The van der Waals surface area contributed by atoms with E-state index in [2.05, 4.69) is 0 Å². The summed E-state index contributed by atoms with van der Waals surface area (Å²) in [5.41, 5.74) is 0.593. The van der Waals surface area contributed by atoms with Gasteiger partial charge < -0.3 is 0 Å². The largest absolute Gasteiger partial charge is 0.247 e. The smallest absolute Gasteiger partial charge is 0.224 e. The van der Waals surface area contributed by atoms with Gasteiger partial charge in [0.05, 0.1) is 15.8 Å². The van der Waals surface area contributed by atoms with E-state index in [9.17, 15) is 8.42 Å². The Morgan fingerprint density at radius 2 is 1.83 bits per heavy atom. The highest BCUT2D eigenvalue weighted by Gasteiger charge is 2.11. The monoisotopic (exact) mass is 296 g/mol. The second kappa shape index (κ2) is 5.12. The zero-order valence-corrected chi connectivity index (χ0v) is 11.5. The molecule has 18 heavy (non-hydrogen) atoms. The van der Waals surface area contributed by atoms with E-state index in [0.717, 1.165) is 20.4 Å². The molecule has 1 aromatic carbocycles. The number of rotatable bonds is 3. The molecule has 0 unspecified atom stereocenters. The van der Waals surface area contributed by atoms with Gasteiger partial charge in [-0.25, -0.2) is 13.6 Å². The van der Waals surface area contributed by atoms with Crippen molar-refractivity contribution in [2.24, 2.45) is 5.14 Å². The van der Waals surface area contributed by atoms with Crippen molar-refractivity contribution in [1.29, 1.82) is 5.26 Å². The molecule has 0 aliphatic rings. The van der Waals surface area contributed by atoms with Crippen LogP contribution >= 0.6 is 23.1 Å². The average Bonchev–Trinajstić information content (AvgIpc) is 2.78. The summed E-state index contributed by atoms with van der Waals surface area (Å²) in [6.45, 7) is 0. The molecular weight excluding hydrogens is 288 g/mol. The third-order valence-electron chi connectivity index (χ3n) is 2.04. The molecule has 0 fully saturated rings. The van der Waals surface area contributed by atoms with Crippen LogP contribution in [0.5, 0.6) is 0 Å². The number of nitriles is 1. The van der Waals surface area contributed by atoms with E-state index >= 15 is 0 Å². The maximum absolute atomic E-state index is 11.1. The van der Waals surface area contributed by atoms with Gasteiger partial charge >= 0.3 is 0 Å². The molecule has 2 rings (SSSR count). The van der Waals surface area contributed by atoms with Crippen molar-refractivity contribution in [3.8, 4) is 6.07 Å². The summed E-state index contributed by atoms with van der Waals surface area (Å²) in [6, 6.07) is 12.3. The molecular formula is C11H8N2O2S3. The van der Waals surface area contributed by atoms with Crippen molar-refractivity contribution < 1.29 is 8.42 Å². The van der Waals surface area contributed by atoms with Crippen LogP contribution in [0.25, 0.3) is 0 Å². The fourth-order valence-corrected chi connectivity index (χ4v) is 4.21. The molecule has 1 heterocycles. The van der Waals surface area contributed by atoms with E-state index in [-0.39, 0.29) is 4.21 Å². The number of hydrogen-bond donors (Lipinski definition) is 1. The average molecular weight is 296 g/mol. The lowest BCUT2D eigenvalue weighted by atomic mass is 10.2. The third kappa shape index (κ3) is 3.11. The first-order chi connectivity index (χ1) is 8.49. The fourth-order valence-electron chi connectivity index (χ4n) is 1.22. The van der Waals surface area contributed by atoms with Crippen LogP contribution in [0.4, 0.5) is 0 Å². The van der Waals surface area contributed by atoms with Gasteiger partial charge in [0, 0.05) is 4.90 Å². The molecule has 7 heteroatoms. The molecule has 92 valence electrons. The van der Waals surface area contributed by atoms with Gasteiger partial charge in [-0.15, -0.1) is 11.3 Å². The topological polar surface area (TPSA) is 83.9 Å². The molecule has 0 aliphatic carbocycles. The van der Waals surface area contributed by atoms with Gasteiger partial charge in [-0.1, -0.05) is 11.8 Å². The molecule has 4 nitrogen and oxygen atoms in total. The van der Waals surface area contributed by atoms with Gasteiger partial charge in [-0.05, 0) is 36.4 Å². The highest BCUT2D eigenvalue weighted by atomic mass is 32.3. The summed E-state index contributed by atoms with van der Waals surface area (Å²) in [7, 11) is -3.62. The second-order valence-electron chi connectivity index (χ2n) is 3.36. The third-order valence-corrected chi connectivity index (χ3v) is 5.70. The van der Waals surface area contributed by atoms with E-state index in [0.29, 0.717) is 5.56 Å². The van der Waals surface area contributed by atoms with Crippen LogP contribution < -0.4 is 5.14 Å². The zero-order valence-electron chi connectivity index (χ0n) is 9.03. The Bertz CT molecular complexity index is 697. The van der Waals surface area contributed by atoms with Crippen LogP contribution in [0.3, 0.4) is 0 Å². The normalized spacial score (nSPS) is 11.1. The van der Waals surface area contributed by atoms with Crippen molar-refractivity contribution in [2.75, 3.05) is 0 Å². The van der Waals surface area contributed by atoms with Gasteiger partial charge in [0.25, 0.3) is 0 Å². The van der Waals surface area contributed by atoms with Gasteiger partial charge in [0.2, 0.25) is 10.0 Å². The summed E-state index contributed by atoms with van der Waals surface area (Å²) >= 11 is 2.56. The standard InChI is InChI=1S/C11H8N2O2S3/c12-7-8-1-3-9(4-2-8)16-10-5-6-11(17-10)18(13,14)15/h1-6H,(H2,13,14,15). The van der Waals surface area contributed by atoms with E-state index in [4.69, 9.17) is 10.4 Å². The molecule has 1 aromatic heterocycles. The molecule has 0 radical (unpaired) electrons. The summed E-state index contributed by atoms with van der Waals surface area (Å²) in [6.07, 6.45) is 0. The van der Waals surface area contributed by atoms with Crippen molar-refractivity contribution >= 4 is 33.1 Å². The molecule has 0 aliphatic heterocycles. The number of nitrogens with two attached hydrogens (primary N) is 1. The second-order valence-corrected chi connectivity index (χ2v) is 7.60. The molecule has 0 amide bonds. The summed E-state index contributed by atoms with van der Waals surface area (Å²) < 4.78 is 23.2. The fraction of sp³-hybridized carbons (Fsp3) is 0. The Hall–Kier alpha value is -1.33. The van der Waals surface area contributed by atoms with Crippen molar-refractivity contribution in [2.45, 2.75) is 13.3 Å². The zero-order chi connectivity index (χ0) is 13.2. The molecule has 2 N–H and O–H groups in total. The summed E-state index contributed by atoms with van der Waals surface area (Å²) in [4.78, 5) is 0.941. The first kappa shape index (κ1) is 13.1. The Balaban J connectivity index is 2.19. The number of nitrogens with zero attached hydrogens (tertiary/aromatic N) is 1. The first-order valence-corrected chi connectivity index (χ1v) is 7.97. The Morgan fingerprint density at radius 3 is 2.33 bits per heavy atom. The molecule has 0 atom stereocenters. The minimum absolute atomic E-state index is 0.152. The number of sulfonamides is 1. The Kier molecular flexibility index (Phi) is 3.73. The molecule has 0 saturated heterocycles. The summed E-state index contributed by atoms with van der Waals surface area (Å²) in [5, 5.41) is 13.7. The van der Waals surface area contributed by atoms with E-state index in [1.807, 2.05) is 18.2 Å². The minimum Gasteiger partial charge on any atom is -0.224 e. The van der Waals surface area contributed by atoms with Gasteiger partial charge in [-0.3, -0.25) is 0 Å². The minimum atomic E-state index is -3.62. The van der Waals surface area contributed by atoms with Crippen LogP contribution in [0.1, 0.15) is 5.56 Å². The van der Waals surface area contributed by atoms with Crippen molar-refractivity contribution in [1.82, 2.24) is 0 Å². The lowest BCUT2D eigenvalue weighted by Gasteiger charge is -1.97. The summed E-state index contributed by atoms with van der Waals surface area (Å²) in [5.74, 6) is 0. The number of thiophene rings is 1. The lowest BCUT2D eigenvalue weighted by molar-refractivity contribution is 0.600. The highest BCUT2D eigenvalue weighted by Crippen LogP contribution is 2.34. The van der Waals surface area contributed by atoms with E-state index in [1.54, 1.807) is 18.2 Å². The lowest BCUT2D eigenvalue weighted by Crippen LogP contribution is -2.09. The Morgan fingerprint density at radius 1 is 1.17 bits per heavy atom. The predicted molar refractivity (Wildman–Crippen MR) is 71.0 cm³/mol. The number of hydrogen-bond acceptors (Lipinski definition) is 5. The van der Waals surface area contributed by atoms with Crippen LogP contribution in [0, 0.1) is 11.3 Å². The predicted octanol–water partition coefficient (Wildman–Crippen LogP) is 2.42. The molecule has 0 spiro atoms. The maximum atomic E-state index is 11.1. The Labute approximate surface area is 113 Å². The van der Waals surface area contributed by atoms with Crippen LogP contribution in [0.2, 0.25) is 0 Å². The maximum Gasteiger partial charge on any atom is 0.247 e. The quantitative estimate of drug-likeness (QED) is 0.942. The van der Waals surface area contributed by atoms with Crippen molar-refractivity contribution in [3.63, 3.8) is 0 Å². The molecule has 2 aromatic rings. The number of benzene rings is 1. The van der Waals surface area contributed by atoms with Crippen LogP contribution in [-0.4, -0.2) is 8.42 Å².